The molecule has 0 atom stereocenters. The monoisotopic (exact) mass is 411 g/mol. The first-order valence-electron chi connectivity index (χ1n) is 8.21. The zero-order valence-electron chi connectivity index (χ0n) is 14.3. The van der Waals surface area contributed by atoms with Crippen LogP contribution >= 0.6 is 11.3 Å². The third-order valence-corrected chi connectivity index (χ3v) is 7.39. The second-order valence-electron chi connectivity index (χ2n) is 5.92. The number of carbonyl (C=O) groups is 2. The van der Waals surface area contributed by atoms with Crippen LogP contribution < -0.4 is 4.31 Å². The summed E-state index contributed by atoms with van der Waals surface area (Å²) in [4.78, 5) is 26.5. The molecule has 1 fully saturated rings. The van der Waals surface area contributed by atoms with Crippen LogP contribution in [-0.4, -0.2) is 63.3 Å². The highest BCUT2D eigenvalue weighted by Crippen LogP contribution is 2.28. The van der Waals surface area contributed by atoms with Crippen molar-refractivity contribution >= 4 is 39.4 Å². The van der Waals surface area contributed by atoms with Crippen molar-refractivity contribution in [3.05, 3.63) is 47.6 Å². The average molecular weight is 411 g/mol. The highest BCUT2D eigenvalue weighted by atomic mass is 32.2. The first-order chi connectivity index (χ1) is 12.9. The molecule has 0 radical (unpaired) electrons. The van der Waals surface area contributed by atoms with Crippen LogP contribution in [0.1, 0.15) is 0 Å². The van der Waals surface area contributed by atoms with E-state index in [1.165, 1.54) is 29.2 Å². The molecule has 144 valence electrons. The maximum absolute atomic E-state index is 14.3. The van der Waals surface area contributed by atoms with Crippen LogP contribution in [0.25, 0.3) is 0 Å². The van der Waals surface area contributed by atoms with E-state index in [9.17, 15) is 22.4 Å². The predicted octanol–water partition coefficient (Wildman–Crippen LogP) is 1.38. The first-order valence-corrected chi connectivity index (χ1v) is 10.5. The van der Waals surface area contributed by atoms with Gasteiger partial charge in [0.15, 0.2) is 0 Å². The number of para-hydroxylation sites is 1. The van der Waals surface area contributed by atoms with Crippen LogP contribution in [0, 0.1) is 5.82 Å². The normalized spacial score (nSPS) is 14.9. The number of piperazine rings is 1. The second-order valence-corrected chi connectivity index (χ2v) is 8.95. The molecule has 1 aromatic heterocycles. The van der Waals surface area contributed by atoms with Crippen molar-refractivity contribution in [3.8, 4) is 0 Å². The Morgan fingerprint density at radius 1 is 1.15 bits per heavy atom. The van der Waals surface area contributed by atoms with Crippen LogP contribution in [0.3, 0.4) is 0 Å². The molecule has 0 bridgehead atoms. The Morgan fingerprint density at radius 3 is 2.44 bits per heavy atom. The van der Waals surface area contributed by atoms with Gasteiger partial charge in [0.05, 0.1) is 5.69 Å². The largest absolute Gasteiger partial charge is 0.342 e. The molecular formula is C17H18FN3O4S2. The van der Waals surface area contributed by atoms with Gasteiger partial charge in [-0.15, -0.1) is 11.3 Å². The van der Waals surface area contributed by atoms with E-state index in [2.05, 4.69) is 0 Å². The Balaban J connectivity index is 1.88. The minimum Gasteiger partial charge on any atom is -0.342 e. The number of amides is 2. The summed E-state index contributed by atoms with van der Waals surface area (Å²) in [7, 11) is -4.08. The molecule has 0 unspecified atom stereocenters. The standard InChI is InChI=1S/C17H18FN3O4S2/c18-14-4-1-2-5-15(14)21(27(24,25)17-6-3-11-26-17)12-16(23)20-9-7-19(13-22)8-10-20/h1-6,11,13H,7-10,12H2. The molecule has 1 aliphatic rings. The lowest BCUT2D eigenvalue weighted by molar-refractivity contribution is -0.133. The van der Waals surface area contributed by atoms with Gasteiger partial charge in [-0.25, -0.2) is 12.8 Å². The summed E-state index contributed by atoms with van der Waals surface area (Å²) in [5.74, 6) is -1.17. The van der Waals surface area contributed by atoms with E-state index in [-0.39, 0.29) is 9.90 Å². The number of benzene rings is 1. The summed E-state index contributed by atoms with van der Waals surface area (Å²) in [5.41, 5.74) is -0.175. The Morgan fingerprint density at radius 2 is 1.85 bits per heavy atom. The molecular weight excluding hydrogens is 393 g/mol. The van der Waals surface area contributed by atoms with Gasteiger partial charge in [0.25, 0.3) is 10.0 Å². The molecule has 0 saturated carbocycles. The molecule has 1 saturated heterocycles. The van der Waals surface area contributed by atoms with Gasteiger partial charge in [0, 0.05) is 26.2 Å². The molecule has 27 heavy (non-hydrogen) atoms. The number of sulfonamides is 1. The molecule has 0 N–H and O–H groups in total. The van der Waals surface area contributed by atoms with Crippen LogP contribution in [0.5, 0.6) is 0 Å². The van der Waals surface area contributed by atoms with Gasteiger partial charge in [-0.05, 0) is 23.6 Å². The number of hydrogen-bond acceptors (Lipinski definition) is 5. The maximum Gasteiger partial charge on any atom is 0.274 e. The molecule has 2 aromatic rings. The number of rotatable bonds is 6. The van der Waals surface area contributed by atoms with Gasteiger partial charge < -0.3 is 9.80 Å². The van der Waals surface area contributed by atoms with E-state index in [4.69, 9.17) is 0 Å². The van der Waals surface area contributed by atoms with Gasteiger partial charge in [-0.3, -0.25) is 13.9 Å². The molecule has 2 heterocycles. The summed E-state index contributed by atoms with van der Waals surface area (Å²) in [6.07, 6.45) is 0.717. The van der Waals surface area contributed by atoms with Crippen molar-refractivity contribution in [2.45, 2.75) is 4.21 Å². The molecule has 7 nitrogen and oxygen atoms in total. The van der Waals surface area contributed by atoms with Crippen molar-refractivity contribution in [2.24, 2.45) is 0 Å². The van der Waals surface area contributed by atoms with E-state index in [1.807, 2.05) is 0 Å². The number of nitrogens with zero attached hydrogens (tertiary/aromatic N) is 3. The summed E-state index contributed by atoms with van der Waals surface area (Å²) in [6.45, 7) is 0.866. The first kappa shape index (κ1) is 19.3. The van der Waals surface area contributed by atoms with Crippen molar-refractivity contribution in [1.82, 2.24) is 9.80 Å². The summed E-state index contributed by atoms with van der Waals surface area (Å²) in [5, 5.41) is 1.60. The fourth-order valence-corrected chi connectivity index (χ4v) is 5.30. The van der Waals surface area contributed by atoms with Crippen molar-refractivity contribution < 1.29 is 22.4 Å². The molecule has 10 heteroatoms. The van der Waals surface area contributed by atoms with Crippen molar-refractivity contribution in [2.75, 3.05) is 37.0 Å². The van der Waals surface area contributed by atoms with Gasteiger partial charge in [0.1, 0.15) is 16.6 Å². The lowest BCUT2D eigenvalue weighted by Gasteiger charge is -2.34. The molecule has 1 aliphatic heterocycles. The van der Waals surface area contributed by atoms with Crippen LogP contribution in [0.2, 0.25) is 0 Å². The highest BCUT2D eigenvalue weighted by Gasteiger charge is 2.32. The lowest BCUT2D eigenvalue weighted by Crippen LogP contribution is -2.51. The fraction of sp³-hybridized carbons (Fsp3) is 0.294. The topological polar surface area (TPSA) is 78.0 Å². The van der Waals surface area contributed by atoms with Crippen molar-refractivity contribution in [3.63, 3.8) is 0 Å². The van der Waals surface area contributed by atoms with E-state index < -0.39 is 28.3 Å². The number of thiophene rings is 1. The Bertz CT molecular complexity index is 910. The number of hydrogen-bond donors (Lipinski definition) is 0. The quantitative estimate of drug-likeness (QED) is 0.673. The molecule has 1 aromatic carbocycles. The van der Waals surface area contributed by atoms with E-state index in [1.54, 1.807) is 16.3 Å². The van der Waals surface area contributed by atoms with Crippen LogP contribution in [0.15, 0.2) is 46.0 Å². The van der Waals surface area contributed by atoms with Crippen LogP contribution in [0.4, 0.5) is 10.1 Å². The van der Waals surface area contributed by atoms with E-state index in [0.29, 0.717) is 32.6 Å². The third kappa shape index (κ3) is 4.11. The fourth-order valence-electron chi connectivity index (χ4n) is 2.77. The Kier molecular flexibility index (Phi) is 5.76. The second kappa shape index (κ2) is 8.05. The average Bonchev–Trinajstić information content (AvgIpc) is 3.22. The van der Waals surface area contributed by atoms with E-state index in [0.717, 1.165) is 21.7 Å². The molecule has 0 spiro atoms. The number of carbonyl (C=O) groups excluding carboxylic acids is 2. The van der Waals surface area contributed by atoms with Gasteiger partial charge in [-0.1, -0.05) is 18.2 Å². The van der Waals surface area contributed by atoms with Gasteiger partial charge in [-0.2, -0.15) is 0 Å². The van der Waals surface area contributed by atoms with Crippen molar-refractivity contribution in [1.29, 1.82) is 0 Å². The summed E-state index contributed by atoms with van der Waals surface area (Å²) in [6, 6.07) is 8.45. The molecule has 3 rings (SSSR count). The van der Waals surface area contributed by atoms with Gasteiger partial charge in [0.2, 0.25) is 12.3 Å². The molecule has 2 amide bonds. The summed E-state index contributed by atoms with van der Waals surface area (Å²) >= 11 is 1.00. The predicted molar refractivity (Wildman–Crippen MR) is 99.5 cm³/mol. The number of anilines is 1. The minimum absolute atomic E-state index is 0.0318. The van der Waals surface area contributed by atoms with E-state index >= 15 is 0 Å². The summed E-state index contributed by atoms with van der Waals surface area (Å²) < 4.78 is 41.2. The Hall–Kier alpha value is -2.46. The maximum atomic E-state index is 14.3. The minimum atomic E-state index is -4.08. The molecule has 0 aliphatic carbocycles. The van der Waals surface area contributed by atoms with Gasteiger partial charge >= 0.3 is 0 Å². The van der Waals surface area contributed by atoms with Crippen LogP contribution in [-0.2, 0) is 19.6 Å². The Labute approximate surface area is 160 Å². The smallest absolute Gasteiger partial charge is 0.274 e. The third-order valence-electron chi connectivity index (χ3n) is 4.26. The lowest BCUT2D eigenvalue weighted by atomic mass is 10.3. The zero-order chi connectivity index (χ0) is 19.4. The number of halogens is 1. The zero-order valence-corrected chi connectivity index (χ0v) is 16.0. The SMILES string of the molecule is O=CN1CCN(C(=O)CN(c2ccccc2F)S(=O)(=O)c2cccs2)CC1. The highest BCUT2D eigenvalue weighted by molar-refractivity contribution is 7.94.